The molecule has 132 valence electrons. The third-order valence-electron chi connectivity index (χ3n) is 4.02. The highest BCUT2D eigenvalue weighted by Gasteiger charge is 2.15. The smallest absolute Gasteiger partial charge is 0.251 e. The summed E-state index contributed by atoms with van der Waals surface area (Å²) >= 11 is 11.8. The first-order valence-electron chi connectivity index (χ1n) is 8.18. The van der Waals surface area contributed by atoms with Crippen LogP contribution in [0.25, 0.3) is 0 Å². The Morgan fingerprint density at radius 3 is 2.64 bits per heavy atom. The maximum absolute atomic E-state index is 12.1. The van der Waals surface area contributed by atoms with Crippen molar-refractivity contribution in [3.63, 3.8) is 0 Å². The van der Waals surface area contributed by atoms with E-state index < -0.39 is 0 Å². The molecule has 1 amide bonds. The van der Waals surface area contributed by atoms with Gasteiger partial charge in [0, 0.05) is 18.7 Å². The van der Waals surface area contributed by atoms with Crippen LogP contribution in [0.5, 0.6) is 5.75 Å². The molecule has 1 heterocycles. The minimum Gasteiger partial charge on any atom is -0.491 e. The molecular formula is C19H19Cl2NO3. The van der Waals surface area contributed by atoms with Crippen LogP contribution in [0.4, 0.5) is 0 Å². The van der Waals surface area contributed by atoms with Crippen LogP contribution >= 0.6 is 23.2 Å². The lowest BCUT2D eigenvalue weighted by Crippen LogP contribution is -2.22. The third-order valence-corrected chi connectivity index (χ3v) is 4.76. The van der Waals surface area contributed by atoms with Crippen molar-refractivity contribution >= 4 is 29.1 Å². The average Bonchev–Trinajstić information content (AvgIpc) is 3.14. The maximum atomic E-state index is 12.1. The summed E-state index contributed by atoms with van der Waals surface area (Å²) in [5.41, 5.74) is 1.46. The van der Waals surface area contributed by atoms with Crippen molar-refractivity contribution in [2.24, 2.45) is 0 Å². The fourth-order valence-corrected chi connectivity index (χ4v) is 2.89. The van der Waals surface area contributed by atoms with Gasteiger partial charge < -0.3 is 14.8 Å². The first-order chi connectivity index (χ1) is 12.1. The molecule has 1 aliphatic heterocycles. The molecule has 1 atom stereocenters. The Balaban J connectivity index is 1.49. The molecule has 1 aliphatic rings. The van der Waals surface area contributed by atoms with E-state index in [0.29, 0.717) is 28.8 Å². The van der Waals surface area contributed by atoms with Crippen molar-refractivity contribution in [2.75, 3.05) is 13.2 Å². The van der Waals surface area contributed by atoms with Gasteiger partial charge in [0.25, 0.3) is 5.91 Å². The number of carbonyl (C=O) groups is 1. The van der Waals surface area contributed by atoms with Crippen LogP contribution in [-0.2, 0) is 11.3 Å². The Bertz CT molecular complexity index is 728. The predicted octanol–water partition coefficient (Wildman–Crippen LogP) is 4.48. The molecule has 0 bridgehead atoms. The lowest BCUT2D eigenvalue weighted by atomic mass is 10.2. The Morgan fingerprint density at radius 2 is 1.96 bits per heavy atom. The molecule has 0 radical (unpaired) electrons. The van der Waals surface area contributed by atoms with E-state index in [9.17, 15) is 4.79 Å². The SMILES string of the molecule is O=C(NCc1ccc(OCC2CCCO2)cc1)c1ccc(Cl)c(Cl)c1. The quantitative estimate of drug-likeness (QED) is 0.804. The Hall–Kier alpha value is -1.75. The number of carbonyl (C=O) groups excluding carboxylic acids is 1. The lowest BCUT2D eigenvalue weighted by molar-refractivity contribution is 0.0679. The average molecular weight is 380 g/mol. The van der Waals surface area contributed by atoms with Crippen molar-refractivity contribution in [1.82, 2.24) is 5.32 Å². The number of benzene rings is 2. The highest BCUT2D eigenvalue weighted by molar-refractivity contribution is 6.42. The standard InChI is InChI=1S/C19H19Cl2NO3/c20-17-8-5-14(10-18(17)21)19(23)22-11-13-3-6-15(7-4-13)25-12-16-2-1-9-24-16/h3-8,10,16H,1-2,9,11-12H2,(H,22,23). The number of ether oxygens (including phenoxy) is 2. The molecule has 1 fully saturated rings. The zero-order valence-electron chi connectivity index (χ0n) is 13.6. The fourth-order valence-electron chi connectivity index (χ4n) is 2.59. The summed E-state index contributed by atoms with van der Waals surface area (Å²) in [5, 5.41) is 3.65. The number of hydrogen-bond acceptors (Lipinski definition) is 3. The van der Waals surface area contributed by atoms with E-state index in [0.717, 1.165) is 30.8 Å². The lowest BCUT2D eigenvalue weighted by Gasteiger charge is -2.12. The second-order valence-electron chi connectivity index (χ2n) is 5.90. The van der Waals surface area contributed by atoms with E-state index >= 15 is 0 Å². The Labute approximate surface area is 157 Å². The number of hydrogen-bond donors (Lipinski definition) is 1. The predicted molar refractivity (Wildman–Crippen MR) is 98.5 cm³/mol. The largest absolute Gasteiger partial charge is 0.491 e. The molecule has 4 nitrogen and oxygen atoms in total. The van der Waals surface area contributed by atoms with Crippen LogP contribution in [0.15, 0.2) is 42.5 Å². The van der Waals surface area contributed by atoms with Gasteiger partial charge in [-0.15, -0.1) is 0 Å². The molecule has 0 saturated carbocycles. The molecule has 1 saturated heterocycles. The molecule has 1 N–H and O–H groups in total. The molecular weight excluding hydrogens is 361 g/mol. The maximum Gasteiger partial charge on any atom is 0.251 e. The van der Waals surface area contributed by atoms with Gasteiger partial charge in [-0.05, 0) is 48.7 Å². The van der Waals surface area contributed by atoms with Gasteiger partial charge >= 0.3 is 0 Å². The summed E-state index contributed by atoms with van der Waals surface area (Å²) < 4.78 is 11.3. The number of halogens is 2. The summed E-state index contributed by atoms with van der Waals surface area (Å²) in [7, 11) is 0. The van der Waals surface area contributed by atoms with Crippen molar-refractivity contribution in [3.8, 4) is 5.75 Å². The zero-order valence-corrected chi connectivity index (χ0v) is 15.1. The van der Waals surface area contributed by atoms with Gasteiger partial charge in [0.15, 0.2) is 0 Å². The van der Waals surface area contributed by atoms with Crippen LogP contribution in [-0.4, -0.2) is 25.2 Å². The fraction of sp³-hybridized carbons (Fsp3) is 0.316. The van der Waals surface area contributed by atoms with Gasteiger partial charge in [-0.2, -0.15) is 0 Å². The van der Waals surface area contributed by atoms with Crippen LogP contribution in [0.2, 0.25) is 10.0 Å². The molecule has 0 spiro atoms. The van der Waals surface area contributed by atoms with Crippen LogP contribution < -0.4 is 10.1 Å². The summed E-state index contributed by atoms with van der Waals surface area (Å²) in [4.78, 5) is 12.1. The molecule has 2 aromatic carbocycles. The van der Waals surface area contributed by atoms with Crippen molar-refractivity contribution in [2.45, 2.75) is 25.5 Å². The zero-order chi connectivity index (χ0) is 17.6. The van der Waals surface area contributed by atoms with E-state index in [4.69, 9.17) is 32.7 Å². The molecule has 0 aliphatic carbocycles. The van der Waals surface area contributed by atoms with Gasteiger partial charge in [-0.1, -0.05) is 35.3 Å². The van der Waals surface area contributed by atoms with Gasteiger partial charge in [0.2, 0.25) is 0 Å². The van der Waals surface area contributed by atoms with Crippen LogP contribution in [0, 0.1) is 0 Å². The minimum absolute atomic E-state index is 0.197. The minimum atomic E-state index is -0.197. The highest BCUT2D eigenvalue weighted by atomic mass is 35.5. The first-order valence-corrected chi connectivity index (χ1v) is 8.94. The topological polar surface area (TPSA) is 47.6 Å². The third kappa shape index (κ3) is 5.11. The van der Waals surface area contributed by atoms with Crippen molar-refractivity contribution in [1.29, 1.82) is 0 Å². The van der Waals surface area contributed by atoms with E-state index in [1.54, 1.807) is 18.2 Å². The highest BCUT2D eigenvalue weighted by Crippen LogP contribution is 2.22. The van der Waals surface area contributed by atoms with Gasteiger partial charge in [0.05, 0.1) is 16.1 Å². The van der Waals surface area contributed by atoms with Crippen molar-refractivity contribution < 1.29 is 14.3 Å². The second-order valence-corrected chi connectivity index (χ2v) is 6.72. The Kier molecular flexibility index (Phi) is 6.19. The molecule has 25 heavy (non-hydrogen) atoms. The molecule has 3 rings (SSSR count). The summed E-state index contributed by atoms with van der Waals surface area (Å²) in [6.45, 7) is 1.82. The van der Waals surface area contributed by atoms with Crippen LogP contribution in [0.1, 0.15) is 28.8 Å². The monoisotopic (exact) mass is 379 g/mol. The van der Waals surface area contributed by atoms with Gasteiger partial charge in [-0.25, -0.2) is 0 Å². The number of amides is 1. The van der Waals surface area contributed by atoms with Gasteiger partial charge in [0.1, 0.15) is 12.4 Å². The molecule has 6 heteroatoms. The number of nitrogens with one attached hydrogen (secondary N) is 1. The van der Waals surface area contributed by atoms with Crippen LogP contribution in [0.3, 0.4) is 0 Å². The molecule has 0 aromatic heterocycles. The normalized spacial score (nSPS) is 16.6. The second kappa shape index (κ2) is 8.56. The Morgan fingerprint density at radius 1 is 1.16 bits per heavy atom. The summed E-state index contributed by atoms with van der Waals surface area (Å²) in [6, 6.07) is 12.5. The summed E-state index contributed by atoms with van der Waals surface area (Å²) in [6.07, 6.45) is 2.36. The van der Waals surface area contributed by atoms with Gasteiger partial charge in [-0.3, -0.25) is 4.79 Å². The van der Waals surface area contributed by atoms with Crippen molar-refractivity contribution in [3.05, 3.63) is 63.6 Å². The summed E-state index contributed by atoms with van der Waals surface area (Å²) in [5.74, 6) is 0.604. The van der Waals surface area contributed by atoms with E-state index in [-0.39, 0.29) is 12.0 Å². The number of rotatable bonds is 6. The molecule has 1 unspecified atom stereocenters. The van der Waals surface area contributed by atoms with E-state index in [1.807, 2.05) is 24.3 Å². The van der Waals surface area contributed by atoms with E-state index in [1.165, 1.54) is 0 Å². The first kappa shape index (κ1) is 18.1. The molecule has 2 aromatic rings. The van der Waals surface area contributed by atoms with E-state index in [2.05, 4.69) is 5.32 Å².